The van der Waals surface area contributed by atoms with Crippen LogP contribution in [0.3, 0.4) is 0 Å². The maximum absolute atomic E-state index is 13.2. The molecule has 0 fully saturated rings. The molecular weight excluding hydrogens is 348 g/mol. The molecule has 0 radical (unpaired) electrons. The zero-order valence-electron chi connectivity index (χ0n) is 15.7. The number of pyridine rings is 1. The molecule has 5 heteroatoms. The van der Waals surface area contributed by atoms with Crippen LogP contribution in [0.2, 0.25) is 0 Å². The van der Waals surface area contributed by atoms with Crippen LogP contribution < -0.4 is 10.9 Å². The Bertz CT molecular complexity index is 1260. The lowest BCUT2D eigenvalue weighted by atomic mass is 10.0. The fourth-order valence-electron chi connectivity index (χ4n) is 3.21. The fraction of sp³-hybridized carbons (Fsp3) is 0.0870. The third kappa shape index (κ3) is 3.30. The molecule has 28 heavy (non-hydrogen) atoms. The van der Waals surface area contributed by atoms with Crippen molar-refractivity contribution in [1.82, 2.24) is 9.38 Å². The summed E-state index contributed by atoms with van der Waals surface area (Å²) in [5, 5.41) is 12.0. The van der Waals surface area contributed by atoms with Gasteiger partial charge in [-0.25, -0.2) is 4.98 Å². The molecule has 0 aliphatic heterocycles. The van der Waals surface area contributed by atoms with Crippen molar-refractivity contribution in [3.8, 4) is 0 Å². The Morgan fingerprint density at radius 3 is 2.46 bits per heavy atom. The largest absolute Gasteiger partial charge is 0.339 e. The number of hydrogen-bond donors (Lipinski definition) is 2. The molecule has 0 aliphatic rings. The number of nitrogens with one attached hydrogen (secondary N) is 2. The summed E-state index contributed by atoms with van der Waals surface area (Å²) in [5.74, 6) is 0.383. The van der Waals surface area contributed by atoms with Gasteiger partial charge < -0.3 is 5.32 Å². The number of anilines is 2. The summed E-state index contributed by atoms with van der Waals surface area (Å²) in [7, 11) is 0. The first-order chi connectivity index (χ1) is 13.5. The van der Waals surface area contributed by atoms with E-state index >= 15 is 0 Å². The van der Waals surface area contributed by atoms with Crippen LogP contribution in [0.25, 0.3) is 5.65 Å². The molecule has 0 saturated carbocycles. The average Bonchev–Trinajstić information content (AvgIpc) is 2.68. The number of benzene rings is 2. The predicted molar refractivity (Wildman–Crippen MR) is 113 cm³/mol. The van der Waals surface area contributed by atoms with Crippen LogP contribution in [0.4, 0.5) is 11.5 Å². The normalized spacial score (nSPS) is 10.8. The number of fused-ring (bicyclic) bond motifs is 1. The van der Waals surface area contributed by atoms with Crippen LogP contribution in [0.5, 0.6) is 0 Å². The molecule has 0 bridgehead atoms. The molecule has 5 nitrogen and oxygen atoms in total. The predicted octanol–water partition coefficient (Wildman–Crippen LogP) is 4.47. The van der Waals surface area contributed by atoms with Gasteiger partial charge in [0.15, 0.2) is 0 Å². The summed E-state index contributed by atoms with van der Waals surface area (Å²) in [4.78, 5) is 17.9. The smallest absolute Gasteiger partial charge is 0.269 e. The molecule has 138 valence electrons. The van der Waals surface area contributed by atoms with Crippen molar-refractivity contribution >= 4 is 22.9 Å². The Balaban J connectivity index is 1.93. The molecule has 0 spiro atoms. The van der Waals surface area contributed by atoms with Gasteiger partial charge in [0.25, 0.3) is 5.56 Å². The van der Waals surface area contributed by atoms with Crippen molar-refractivity contribution in [2.24, 2.45) is 0 Å². The minimum Gasteiger partial charge on any atom is -0.339 e. The third-order valence-electron chi connectivity index (χ3n) is 4.57. The number of rotatable bonds is 4. The van der Waals surface area contributed by atoms with Gasteiger partial charge in [0.05, 0.1) is 5.71 Å². The molecular formula is C23H20N4O. The summed E-state index contributed by atoms with van der Waals surface area (Å²) in [6.07, 6.45) is 1.67. The summed E-state index contributed by atoms with van der Waals surface area (Å²) in [6, 6.07) is 20.8. The van der Waals surface area contributed by atoms with Crippen molar-refractivity contribution in [2.45, 2.75) is 13.8 Å². The van der Waals surface area contributed by atoms with Crippen LogP contribution in [0, 0.1) is 19.3 Å². The zero-order valence-corrected chi connectivity index (χ0v) is 15.7. The molecule has 2 aromatic heterocycles. The van der Waals surface area contributed by atoms with Gasteiger partial charge >= 0.3 is 0 Å². The van der Waals surface area contributed by atoms with E-state index in [1.807, 2.05) is 68.4 Å². The van der Waals surface area contributed by atoms with Gasteiger partial charge in [-0.05, 0) is 49.7 Å². The molecule has 4 aromatic rings. The maximum Gasteiger partial charge on any atom is 0.269 e. The Hall–Kier alpha value is -3.73. The van der Waals surface area contributed by atoms with E-state index in [2.05, 4.69) is 10.3 Å². The molecule has 0 amide bonds. The second-order valence-electron chi connectivity index (χ2n) is 6.81. The van der Waals surface area contributed by atoms with Crippen LogP contribution in [-0.2, 0) is 0 Å². The summed E-state index contributed by atoms with van der Waals surface area (Å²) in [5.41, 5.74) is 4.29. The van der Waals surface area contributed by atoms with Gasteiger partial charge in [-0.2, -0.15) is 0 Å². The standard InChI is InChI=1S/C23H20N4O/c1-15-7-5-9-17(13-15)21(24)20-22(25-18-10-6-8-16(2)14-18)26-19-11-3-4-12-27(19)23(20)28/h3-14,24-25H,1-2H3. The lowest BCUT2D eigenvalue weighted by Gasteiger charge is -2.14. The van der Waals surface area contributed by atoms with E-state index in [0.717, 1.165) is 16.8 Å². The number of hydrogen-bond acceptors (Lipinski definition) is 4. The van der Waals surface area contributed by atoms with E-state index < -0.39 is 0 Å². The molecule has 4 rings (SSSR count). The van der Waals surface area contributed by atoms with E-state index in [-0.39, 0.29) is 16.8 Å². The first kappa shape index (κ1) is 17.7. The Kier molecular flexibility index (Phi) is 4.49. The third-order valence-corrected chi connectivity index (χ3v) is 4.57. The molecule has 2 aromatic carbocycles. The SMILES string of the molecule is Cc1cccc(Nc2nc3ccccn3c(=O)c2C(=N)c2cccc(C)c2)c1. The van der Waals surface area contributed by atoms with Crippen LogP contribution in [0.15, 0.2) is 77.7 Å². The zero-order chi connectivity index (χ0) is 19.7. The Morgan fingerprint density at radius 2 is 1.71 bits per heavy atom. The molecule has 2 heterocycles. The number of aryl methyl sites for hydroxylation is 2. The highest BCUT2D eigenvalue weighted by atomic mass is 16.1. The highest BCUT2D eigenvalue weighted by Gasteiger charge is 2.19. The summed E-state index contributed by atoms with van der Waals surface area (Å²) < 4.78 is 1.47. The minimum atomic E-state index is -0.271. The Morgan fingerprint density at radius 1 is 0.964 bits per heavy atom. The molecule has 0 unspecified atom stereocenters. The van der Waals surface area contributed by atoms with Crippen molar-refractivity contribution in [2.75, 3.05) is 5.32 Å². The topological polar surface area (TPSA) is 70.2 Å². The lowest BCUT2D eigenvalue weighted by molar-refractivity contribution is 1.04. The highest BCUT2D eigenvalue weighted by molar-refractivity contribution is 6.13. The molecule has 0 aliphatic carbocycles. The van der Waals surface area contributed by atoms with E-state index in [4.69, 9.17) is 5.41 Å². The van der Waals surface area contributed by atoms with Gasteiger partial charge in [0.1, 0.15) is 17.0 Å². The van der Waals surface area contributed by atoms with Gasteiger partial charge in [-0.3, -0.25) is 14.6 Å². The van der Waals surface area contributed by atoms with Crippen LogP contribution in [-0.4, -0.2) is 15.1 Å². The minimum absolute atomic E-state index is 0.148. The van der Waals surface area contributed by atoms with Crippen LogP contribution >= 0.6 is 0 Å². The van der Waals surface area contributed by atoms with Gasteiger partial charge in [-0.1, -0.05) is 42.0 Å². The van der Waals surface area contributed by atoms with Crippen molar-refractivity contribution in [1.29, 1.82) is 5.41 Å². The van der Waals surface area contributed by atoms with Crippen molar-refractivity contribution in [3.63, 3.8) is 0 Å². The van der Waals surface area contributed by atoms with E-state index in [9.17, 15) is 4.79 Å². The number of nitrogens with zero attached hydrogens (tertiary/aromatic N) is 2. The van der Waals surface area contributed by atoms with Crippen molar-refractivity contribution in [3.05, 3.63) is 106 Å². The molecule has 2 N–H and O–H groups in total. The van der Waals surface area contributed by atoms with Crippen LogP contribution in [0.1, 0.15) is 22.3 Å². The van der Waals surface area contributed by atoms with Crippen molar-refractivity contribution < 1.29 is 0 Å². The summed E-state index contributed by atoms with van der Waals surface area (Å²) >= 11 is 0. The van der Waals surface area contributed by atoms with Gasteiger partial charge in [-0.15, -0.1) is 0 Å². The van der Waals surface area contributed by atoms with E-state index in [0.29, 0.717) is 17.0 Å². The van der Waals surface area contributed by atoms with E-state index in [1.54, 1.807) is 18.3 Å². The second kappa shape index (κ2) is 7.12. The summed E-state index contributed by atoms with van der Waals surface area (Å²) in [6.45, 7) is 3.97. The van der Waals surface area contributed by atoms with E-state index in [1.165, 1.54) is 4.40 Å². The second-order valence-corrected chi connectivity index (χ2v) is 6.81. The first-order valence-electron chi connectivity index (χ1n) is 9.04. The molecule has 0 saturated heterocycles. The monoisotopic (exact) mass is 368 g/mol. The lowest BCUT2D eigenvalue weighted by Crippen LogP contribution is -2.25. The quantitative estimate of drug-likeness (QED) is 0.522. The number of aromatic nitrogens is 2. The molecule has 0 atom stereocenters. The fourth-order valence-corrected chi connectivity index (χ4v) is 3.21. The van der Waals surface area contributed by atoms with Gasteiger partial charge in [0, 0.05) is 17.4 Å². The van der Waals surface area contributed by atoms with Gasteiger partial charge in [0.2, 0.25) is 0 Å². The first-order valence-corrected chi connectivity index (χ1v) is 9.04. The average molecular weight is 368 g/mol. The highest BCUT2D eigenvalue weighted by Crippen LogP contribution is 2.21. The maximum atomic E-state index is 13.2. The Labute approximate surface area is 162 Å².